The summed E-state index contributed by atoms with van der Waals surface area (Å²) >= 11 is 11.7. The van der Waals surface area contributed by atoms with Gasteiger partial charge in [-0.1, -0.05) is 47.5 Å². The zero-order chi connectivity index (χ0) is 16.7. The van der Waals surface area contributed by atoms with Crippen LogP contribution in [0.2, 0.25) is 10.0 Å². The van der Waals surface area contributed by atoms with Gasteiger partial charge in [0.05, 0.1) is 12.4 Å². The molecule has 0 fully saturated rings. The maximum Gasteiger partial charge on any atom is 0.122 e. The van der Waals surface area contributed by atoms with E-state index in [1.807, 2.05) is 62.6 Å². The van der Waals surface area contributed by atoms with Gasteiger partial charge in [-0.05, 0) is 35.4 Å². The molecule has 0 amide bonds. The fourth-order valence-electron chi connectivity index (χ4n) is 1.80. The van der Waals surface area contributed by atoms with E-state index in [2.05, 4.69) is 10.2 Å². The van der Waals surface area contributed by atoms with Crippen molar-refractivity contribution in [1.29, 1.82) is 0 Å². The normalized spacial score (nSPS) is 11.3. The van der Waals surface area contributed by atoms with Crippen LogP contribution in [0.3, 0.4) is 0 Å². The Morgan fingerprint density at radius 3 is 1.43 bits per heavy atom. The highest BCUT2D eigenvalue weighted by atomic mass is 35.5. The Kier molecular flexibility index (Phi) is 6.44. The van der Waals surface area contributed by atoms with E-state index in [1.54, 1.807) is 22.4 Å². The molecule has 120 valence electrons. The molecule has 0 N–H and O–H groups in total. The average Bonchev–Trinajstić information content (AvgIpc) is 2.54. The van der Waals surface area contributed by atoms with Crippen molar-refractivity contribution >= 4 is 35.6 Å². The van der Waals surface area contributed by atoms with Crippen LogP contribution in [-0.2, 0) is 0 Å². The Morgan fingerprint density at radius 2 is 1.09 bits per heavy atom. The third-order valence-corrected chi connectivity index (χ3v) is 3.46. The minimum Gasteiger partial charge on any atom is -0.279 e. The molecular weight excluding hydrogens is 331 g/mol. The van der Waals surface area contributed by atoms with Crippen LogP contribution in [0.4, 0.5) is 0 Å². The van der Waals surface area contributed by atoms with Gasteiger partial charge < -0.3 is 0 Å². The second-order valence-electron chi connectivity index (χ2n) is 5.05. The summed E-state index contributed by atoms with van der Waals surface area (Å²) in [5.74, 6) is 0. The minimum atomic E-state index is 0.564. The number of hydrogen-bond acceptors (Lipinski definition) is 4. The van der Waals surface area contributed by atoms with E-state index < -0.39 is 0 Å². The lowest BCUT2D eigenvalue weighted by atomic mass is 10.2. The fourth-order valence-corrected chi connectivity index (χ4v) is 2.05. The maximum absolute atomic E-state index is 5.85. The van der Waals surface area contributed by atoms with Gasteiger partial charge in [0.15, 0.2) is 0 Å². The topological polar surface area (TPSA) is 31.2 Å². The second kappa shape index (κ2) is 8.56. The van der Waals surface area contributed by atoms with E-state index >= 15 is 0 Å². The quantitative estimate of drug-likeness (QED) is 0.445. The van der Waals surface area contributed by atoms with E-state index in [9.17, 15) is 0 Å². The lowest BCUT2D eigenvalue weighted by Gasteiger charge is -2.19. The highest BCUT2D eigenvalue weighted by Gasteiger charge is 1.97. The number of hydrazone groups is 2. The Balaban J connectivity index is 1.85. The highest BCUT2D eigenvalue weighted by molar-refractivity contribution is 6.30. The average molecular weight is 349 g/mol. The van der Waals surface area contributed by atoms with Crippen molar-refractivity contribution in [1.82, 2.24) is 10.0 Å². The SMILES string of the molecule is CN(CN(C)/N=C/c1ccc(Cl)cc1)/N=C\c1ccc(Cl)cc1. The first kappa shape index (κ1) is 17.3. The molecule has 0 heterocycles. The van der Waals surface area contributed by atoms with Gasteiger partial charge in [-0.2, -0.15) is 10.2 Å². The summed E-state index contributed by atoms with van der Waals surface area (Å²) in [6.07, 6.45) is 3.57. The lowest BCUT2D eigenvalue weighted by Crippen LogP contribution is -2.26. The van der Waals surface area contributed by atoms with Crippen molar-refractivity contribution in [3.8, 4) is 0 Å². The number of halogens is 2. The molecule has 2 rings (SSSR count). The summed E-state index contributed by atoms with van der Waals surface area (Å²) in [6.45, 7) is 0.564. The predicted octanol–water partition coefficient (Wildman–Crippen LogP) is 4.18. The van der Waals surface area contributed by atoms with Crippen molar-refractivity contribution in [3.63, 3.8) is 0 Å². The molecule has 23 heavy (non-hydrogen) atoms. The van der Waals surface area contributed by atoms with Crippen molar-refractivity contribution in [2.45, 2.75) is 0 Å². The molecule has 0 radical (unpaired) electrons. The van der Waals surface area contributed by atoms with Crippen LogP contribution in [0, 0.1) is 0 Å². The van der Waals surface area contributed by atoms with Gasteiger partial charge in [-0.25, -0.2) is 0 Å². The Bertz CT molecular complexity index is 606. The molecule has 2 aromatic rings. The molecule has 6 heteroatoms. The summed E-state index contributed by atoms with van der Waals surface area (Å²) < 4.78 is 0. The highest BCUT2D eigenvalue weighted by Crippen LogP contribution is 2.09. The molecule has 0 aliphatic rings. The Labute approximate surface area is 146 Å². The first-order valence-electron chi connectivity index (χ1n) is 7.04. The summed E-state index contributed by atoms with van der Waals surface area (Å²) in [5, 5.41) is 13.8. The van der Waals surface area contributed by atoms with Gasteiger partial charge in [-0.3, -0.25) is 10.0 Å². The van der Waals surface area contributed by atoms with Crippen LogP contribution in [0.15, 0.2) is 58.7 Å². The molecule has 0 saturated carbocycles. The van der Waals surface area contributed by atoms with E-state index in [-0.39, 0.29) is 0 Å². The number of nitrogens with zero attached hydrogens (tertiary/aromatic N) is 4. The molecule has 2 aromatic carbocycles. The standard InChI is InChI=1S/C17H18Cl2N4/c1-22(20-11-14-3-7-16(18)8-4-14)13-23(2)21-12-15-5-9-17(19)10-6-15/h3-12H,13H2,1-2H3/b20-11-,21-12+. The van der Waals surface area contributed by atoms with Crippen LogP contribution in [0.1, 0.15) is 11.1 Å². The third kappa shape index (κ3) is 6.30. The number of benzene rings is 2. The van der Waals surface area contributed by atoms with Crippen molar-refractivity contribution in [2.75, 3.05) is 20.8 Å². The minimum absolute atomic E-state index is 0.564. The van der Waals surface area contributed by atoms with E-state index in [0.29, 0.717) is 16.7 Å². The third-order valence-electron chi connectivity index (χ3n) is 2.96. The molecule has 0 unspecified atom stereocenters. The fraction of sp³-hybridized carbons (Fsp3) is 0.176. The predicted molar refractivity (Wildman–Crippen MR) is 98.5 cm³/mol. The zero-order valence-corrected chi connectivity index (χ0v) is 14.5. The van der Waals surface area contributed by atoms with Crippen molar-refractivity contribution in [3.05, 3.63) is 69.7 Å². The van der Waals surface area contributed by atoms with Crippen LogP contribution in [0.5, 0.6) is 0 Å². The molecule has 4 nitrogen and oxygen atoms in total. The molecule has 0 aliphatic heterocycles. The summed E-state index contributed by atoms with van der Waals surface area (Å²) in [7, 11) is 3.78. The summed E-state index contributed by atoms with van der Waals surface area (Å²) in [4.78, 5) is 0. The molecular formula is C17H18Cl2N4. The summed E-state index contributed by atoms with van der Waals surface area (Å²) in [6, 6.07) is 15.0. The monoisotopic (exact) mass is 348 g/mol. The van der Waals surface area contributed by atoms with Gasteiger partial charge in [0.25, 0.3) is 0 Å². The zero-order valence-electron chi connectivity index (χ0n) is 13.0. The van der Waals surface area contributed by atoms with Gasteiger partial charge in [-0.15, -0.1) is 0 Å². The maximum atomic E-state index is 5.85. The van der Waals surface area contributed by atoms with E-state index in [1.165, 1.54) is 0 Å². The van der Waals surface area contributed by atoms with Crippen LogP contribution in [-0.4, -0.2) is 43.2 Å². The molecule has 0 aromatic heterocycles. The molecule has 0 spiro atoms. The number of rotatable bonds is 6. The largest absolute Gasteiger partial charge is 0.279 e. The summed E-state index contributed by atoms with van der Waals surface area (Å²) in [5.41, 5.74) is 1.99. The van der Waals surface area contributed by atoms with Gasteiger partial charge >= 0.3 is 0 Å². The van der Waals surface area contributed by atoms with Crippen LogP contribution >= 0.6 is 23.2 Å². The molecule has 0 saturated heterocycles. The smallest absolute Gasteiger partial charge is 0.122 e. The Morgan fingerprint density at radius 1 is 0.739 bits per heavy atom. The van der Waals surface area contributed by atoms with Gasteiger partial charge in [0.1, 0.15) is 6.67 Å². The molecule has 0 aliphatic carbocycles. The lowest BCUT2D eigenvalue weighted by molar-refractivity contribution is 0.196. The van der Waals surface area contributed by atoms with Crippen molar-refractivity contribution < 1.29 is 0 Å². The first-order valence-corrected chi connectivity index (χ1v) is 7.80. The van der Waals surface area contributed by atoms with Gasteiger partial charge in [0.2, 0.25) is 0 Å². The Hall–Kier alpha value is -2.04. The molecule has 0 bridgehead atoms. The molecule has 0 atom stereocenters. The van der Waals surface area contributed by atoms with Crippen molar-refractivity contribution in [2.24, 2.45) is 10.2 Å². The van der Waals surface area contributed by atoms with E-state index in [4.69, 9.17) is 23.2 Å². The first-order chi connectivity index (χ1) is 11.0. The van der Waals surface area contributed by atoms with Crippen LogP contribution in [0.25, 0.3) is 0 Å². The van der Waals surface area contributed by atoms with Crippen LogP contribution < -0.4 is 0 Å². The van der Waals surface area contributed by atoms with Gasteiger partial charge in [0, 0.05) is 24.1 Å². The van der Waals surface area contributed by atoms with E-state index in [0.717, 1.165) is 11.1 Å². The second-order valence-corrected chi connectivity index (χ2v) is 5.92. The number of hydrogen-bond donors (Lipinski definition) is 0.